The highest BCUT2D eigenvalue weighted by atomic mass is 35.5. The molecule has 1 saturated heterocycles. The number of hydrogen-bond donors (Lipinski definition) is 1. The molecule has 4 aliphatic heterocycles. The second-order valence-electron chi connectivity index (χ2n) is 12.8. The fourth-order valence-electron chi connectivity index (χ4n) is 8.04. The number of carbonyl (C=O) groups is 1. The first kappa shape index (κ1) is 27.5. The van der Waals surface area contributed by atoms with Gasteiger partial charge in [-0.2, -0.15) is 0 Å². The van der Waals surface area contributed by atoms with Crippen molar-refractivity contribution in [2.45, 2.75) is 67.3 Å². The normalized spacial score (nSPS) is 33.1. The first-order valence-electron chi connectivity index (χ1n) is 15.0. The Morgan fingerprint density at radius 1 is 1.07 bits per heavy atom. The van der Waals surface area contributed by atoms with E-state index < -0.39 is 15.9 Å². The summed E-state index contributed by atoms with van der Waals surface area (Å²) in [6.45, 7) is 3.80. The molecule has 220 valence electrons. The van der Waals surface area contributed by atoms with E-state index in [1.54, 1.807) is 18.2 Å². The maximum absolute atomic E-state index is 13.4. The van der Waals surface area contributed by atoms with Gasteiger partial charge < -0.3 is 14.5 Å². The fourth-order valence-corrected chi connectivity index (χ4v) is 9.24. The Labute approximate surface area is 248 Å². The number of hydrogen-bond acceptors (Lipinski definition) is 7. The van der Waals surface area contributed by atoms with Crippen molar-refractivity contribution in [3.63, 3.8) is 0 Å². The van der Waals surface area contributed by atoms with Gasteiger partial charge in [-0.25, -0.2) is 13.1 Å². The van der Waals surface area contributed by atoms with Crippen molar-refractivity contribution < 1.29 is 17.9 Å². The molecule has 6 aliphatic rings. The molecule has 1 saturated carbocycles. The van der Waals surface area contributed by atoms with Gasteiger partial charge in [0.1, 0.15) is 5.75 Å². The lowest BCUT2D eigenvalue weighted by Gasteiger charge is -2.50. The van der Waals surface area contributed by atoms with Crippen LogP contribution in [0, 0.1) is 5.92 Å². The zero-order valence-electron chi connectivity index (χ0n) is 23.6. The third-order valence-electron chi connectivity index (χ3n) is 10.4. The predicted molar refractivity (Wildman–Crippen MR) is 159 cm³/mol. The molecule has 2 aliphatic carbocycles. The van der Waals surface area contributed by atoms with E-state index in [4.69, 9.17) is 16.3 Å². The molecular formula is C31H39ClN4O4S. The molecule has 8 nitrogen and oxygen atoms in total. The number of halogens is 1. The Morgan fingerprint density at radius 3 is 2.68 bits per heavy atom. The smallest absolute Gasteiger partial charge is 0.264 e. The molecule has 2 fully saturated rings. The number of amides is 1. The van der Waals surface area contributed by atoms with Gasteiger partial charge in [-0.05, 0) is 99.4 Å². The number of fused-ring (bicyclic) bond motifs is 7. The molecule has 0 radical (unpaired) electrons. The first-order chi connectivity index (χ1) is 19.7. The van der Waals surface area contributed by atoms with E-state index in [9.17, 15) is 13.2 Å². The van der Waals surface area contributed by atoms with Gasteiger partial charge in [0.25, 0.3) is 10.0 Å². The lowest BCUT2D eigenvalue weighted by atomic mass is 9.69. The average Bonchev–Trinajstić information content (AvgIpc) is 3.07. The Kier molecular flexibility index (Phi) is 7.00. The summed E-state index contributed by atoms with van der Waals surface area (Å²) in [5.41, 5.74) is 3.15. The summed E-state index contributed by atoms with van der Waals surface area (Å²) >= 11 is 6.41. The summed E-state index contributed by atoms with van der Waals surface area (Å²) < 4.78 is 35.7. The van der Waals surface area contributed by atoms with Crippen molar-refractivity contribution in [3.8, 4) is 5.75 Å². The standard InChI is InChI=1S/C31H39ClN4O4S/c1-34-24-10-13-35(14-11-24)18-30(37)33-41(38,39)25-6-9-29-28(16-25)36(17-22-4-8-27(22)34)19-31(20-40-29)12-2-3-21-15-23(32)5-7-26(21)31/h5-7,9,15-16,22,24,27H,2-4,8,10-14,17-20H2,1H3,(H,33,37)/t22-,27+,31-/m0/s1. The lowest BCUT2D eigenvalue weighted by Crippen LogP contribution is -2.56. The largest absolute Gasteiger partial charge is 0.490 e. The van der Waals surface area contributed by atoms with Crippen LogP contribution in [-0.2, 0) is 26.7 Å². The van der Waals surface area contributed by atoms with Gasteiger partial charge in [-0.3, -0.25) is 9.69 Å². The van der Waals surface area contributed by atoms with Crippen molar-refractivity contribution in [2.75, 3.05) is 51.3 Å². The lowest BCUT2D eigenvalue weighted by molar-refractivity contribution is -0.120. The minimum absolute atomic E-state index is 0.0911. The molecule has 0 aromatic heterocycles. The Morgan fingerprint density at radius 2 is 1.90 bits per heavy atom. The van der Waals surface area contributed by atoms with Crippen LogP contribution in [0.2, 0.25) is 5.02 Å². The van der Waals surface area contributed by atoms with Crippen molar-refractivity contribution in [1.82, 2.24) is 14.5 Å². The monoisotopic (exact) mass is 598 g/mol. The number of benzene rings is 2. The summed E-state index contributed by atoms with van der Waals surface area (Å²) in [5, 5.41) is 0.756. The van der Waals surface area contributed by atoms with Crippen LogP contribution in [0.4, 0.5) is 5.69 Å². The van der Waals surface area contributed by atoms with Gasteiger partial charge >= 0.3 is 0 Å². The van der Waals surface area contributed by atoms with E-state index >= 15 is 0 Å². The summed E-state index contributed by atoms with van der Waals surface area (Å²) in [6, 6.07) is 12.3. The SMILES string of the molecule is CN1C2CCN(CC2)CC(=O)NS(=O)(=O)c2ccc3c(c2)N(C[C@@H]2CC[C@H]21)C[C@@]1(CCCc2cc(Cl)ccc21)CO3. The van der Waals surface area contributed by atoms with Gasteiger partial charge in [-0.1, -0.05) is 17.7 Å². The molecule has 1 amide bonds. The van der Waals surface area contributed by atoms with Gasteiger partial charge in [0.15, 0.2) is 0 Å². The van der Waals surface area contributed by atoms with Gasteiger partial charge in [0.2, 0.25) is 5.91 Å². The number of nitrogens with zero attached hydrogens (tertiary/aromatic N) is 3. The second kappa shape index (κ2) is 10.4. The van der Waals surface area contributed by atoms with Gasteiger partial charge in [0.05, 0.1) is 23.7 Å². The molecule has 1 N–H and O–H groups in total. The summed E-state index contributed by atoms with van der Waals surface area (Å²) in [5.74, 6) is 0.702. The maximum atomic E-state index is 13.4. The van der Waals surface area contributed by atoms with Crippen molar-refractivity contribution in [2.24, 2.45) is 5.92 Å². The number of nitrogens with one attached hydrogen (secondary N) is 1. The molecule has 4 heterocycles. The van der Waals surface area contributed by atoms with Crippen LogP contribution in [0.15, 0.2) is 41.3 Å². The van der Waals surface area contributed by atoms with E-state index in [-0.39, 0.29) is 16.9 Å². The maximum Gasteiger partial charge on any atom is 0.264 e. The third-order valence-corrected chi connectivity index (χ3v) is 12.0. The number of aryl methyl sites for hydroxylation is 1. The highest BCUT2D eigenvalue weighted by Crippen LogP contribution is 2.46. The minimum atomic E-state index is -4.03. The quantitative estimate of drug-likeness (QED) is 0.494. The first-order valence-corrected chi connectivity index (χ1v) is 16.9. The van der Waals surface area contributed by atoms with E-state index in [0.717, 1.165) is 75.4 Å². The van der Waals surface area contributed by atoms with E-state index in [2.05, 4.69) is 38.6 Å². The fraction of sp³-hybridized carbons (Fsp3) is 0.581. The molecule has 8 rings (SSSR count). The number of piperidine rings is 1. The van der Waals surface area contributed by atoms with E-state index in [1.165, 1.54) is 17.5 Å². The van der Waals surface area contributed by atoms with Crippen molar-refractivity contribution in [3.05, 3.63) is 52.5 Å². The number of rotatable bonds is 0. The Balaban J connectivity index is 1.31. The van der Waals surface area contributed by atoms with Gasteiger partial charge in [-0.15, -0.1) is 0 Å². The van der Waals surface area contributed by atoms with E-state index in [0.29, 0.717) is 30.4 Å². The Bertz CT molecular complexity index is 1460. The molecule has 41 heavy (non-hydrogen) atoms. The van der Waals surface area contributed by atoms with Gasteiger partial charge in [0, 0.05) is 48.7 Å². The summed E-state index contributed by atoms with van der Waals surface area (Å²) in [6.07, 6.45) is 7.38. The molecule has 0 unspecified atom stereocenters. The molecule has 4 bridgehead atoms. The minimum Gasteiger partial charge on any atom is -0.490 e. The summed E-state index contributed by atoms with van der Waals surface area (Å²) in [7, 11) is -1.75. The second-order valence-corrected chi connectivity index (χ2v) is 15.0. The van der Waals surface area contributed by atoms with E-state index in [1.807, 2.05) is 6.07 Å². The number of ether oxygens (including phenoxy) is 1. The molecule has 10 heteroatoms. The molecule has 2 aromatic carbocycles. The zero-order valence-corrected chi connectivity index (χ0v) is 25.2. The van der Waals surface area contributed by atoms with Crippen LogP contribution in [-0.4, -0.2) is 82.6 Å². The van der Waals surface area contributed by atoms with Crippen LogP contribution in [0.1, 0.15) is 49.7 Å². The molecule has 1 spiro atoms. The number of carbonyl (C=O) groups excluding carboxylic acids is 1. The van der Waals surface area contributed by atoms with Crippen LogP contribution < -0.4 is 14.4 Å². The molecule has 2 aromatic rings. The van der Waals surface area contributed by atoms with Crippen LogP contribution in [0.25, 0.3) is 0 Å². The van der Waals surface area contributed by atoms with Crippen LogP contribution in [0.3, 0.4) is 0 Å². The van der Waals surface area contributed by atoms with Crippen LogP contribution in [0.5, 0.6) is 5.75 Å². The number of anilines is 1. The average molecular weight is 599 g/mol. The van der Waals surface area contributed by atoms with Crippen molar-refractivity contribution in [1.29, 1.82) is 0 Å². The Hall–Kier alpha value is -2.33. The van der Waals surface area contributed by atoms with Crippen molar-refractivity contribution >= 4 is 33.2 Å². The molecule has 3 atom stereocenters. The topological polar surface area (TPSA) is 82.2 Å². The molecular weight excluding hydrogens is 560 g/mol. The summed E-state index contributed by atoms with van der Waals surface area (Å²) in [4.78, 5) is 20.0. The predicted octanol–water partition coefficient (Wildman–Crippen LogP) is 3.81. The van der Waals surface area contributed by atoms with Crippen LogP contribution >= 0.6 is 11.6 Å². The third kappa shape index (κ3) is 5.02. The highest BCUT2D eigenvalue weighted by molar-refractivity contribution is 7.90. The number of sulfonamides is 1. The highest BCUT2D eigenvalue weighted by Gasteiger charge is 2.45. The zero-order chi connectivity index (χ0) is 28.4.